The van der Waals surface area contributed by atoms with Crippen LogP contribution in [0.2, 0.25) is 18.1 Å². The Balaban J connectivity index is 4.54. The Hall–Kier alpha value is -0.993. The molecule has 0 saturated heterocycles. The van der Waals surface area contributed by atoms with Gasteiger partial charge in [0.25, 0.3) is 0 Å². The second kappa shape index (κ2) is 14.1. The Morgan fingerprint density at radius 1 is 1.17 bits per heavy atom. The molecule has 0 aliphatic heterocycles. The normalized spacial score (nSPS) is 15.4. The van der Waals surface area contributed by atoms with Crippen LogP contribution in [0.3, 0.4) is 0 Å². The van der Waals surface area contributed by atoms with E-state index in [9.17, 15) is 4.79 Å². The molecule has 0 aromatic carbocycles. The van der Waals surface area contributed by atoms with Crippen molar-refractivity contribution in [2.24, 2.45) is 0 Å². The van der Waals surface area contributed by atoms with E-state index in [0.717, 1.165) is 0 Å². The van der Waals surface area contributed by atoms with Crippen LogP contribution >= 0.6 is 0 Å². The summed E-state index contributed by atoms with van der Waals surface area (Å²) in [5.41, 5.74) is 0. The minimum atomic E-state index is -1.98. The molecular weight excluding hydrogens is 388 g/mol. The summed E-state index contributed by atoms with van der Waals surface area (Å²) in [6.07, 6.45) is 4.04. The van der Waals surface area contributed by atoms with Crippen molar-refractivity contribution in [2.75, 3.05) is 27.1 Å². The van der Waals surface area contributed by atoms with Crippen LogP contribution in [0.15, 0.2) is 25.3 Å². The molecule has 0 saturated carbocycles. The number of rotatable bonds is 16. The van der Waals surface area contributed by atoms with Crippen molar-refractivity contribution in [3.63, 3.8) is 0 Å². The summed E-state index contributed by atoms with van der Waals surface area (Å²) >= 11 is 0. The third-order valence-corrected chi connectivity index (χ3v) is 9.58. The molecule has 7 heteroatoms. The third kappa shape index (κ3) is 12.3. The molecule has 170 valence electrons. The van der Waals surface area contributed by atoms with Crippen molar-refractivity contribution in [3.8, 4) is 0 Å². The molecule has 0 aromatic heterocycles. The van der Waals surface area contributed by atoms with Crippen molar-refractivity contribution >= 4 is 14.3 Å². The average Bonchev–Trinajstić information content (AvgIpc) is 2.59. The Morgan fingerprint density at radius 2 is 1.83 bits per heavy atom. The highest BCUT2D eigenvalue weighted by molar-refractivity contribution is 6.74. The van der Waals surface area contributed by atoms with E-state index in [4.69, 9.17) is 23.4 Å². The average molecular weight is 431 g/mol. The van der Waals surface area contributed by atoms with E-state index in [1.807, 2.05) is 6.92 Å². The van der Waals surface area contributed by atoms with Gasteiger partial charge in [-0.15, -0.1) is 13.2 Å². The second-order valence-corrected chi connectivity index (χ2v) is 13.5. The van der Waals surface area contributed by atoms with E-state index < -0.39 is 8.32 Å². The Labute approximate surface area is 178 Å². The zero-order valence-electron chi connectivity index (χ0n) is 19.5. The molecule has 0 bridgehead atoms. The molecular formula is C22H42O6Si. The monoisotopic (exact) mass is 430 g/mol. The van der Waals surface area contributed by atoms with Crippen molar-refractivity contribution in [2.45, 2.75) is 83.4 Å². The van der Waals surface area contributed by atoms with Gasteiger partial charge in [0.15, 0.2) is 8.32 Å². The molecule has 0 amide bonds. The van der Waals surface area contributed by atoms with Crippen LogP contribution in [0, 0.1) is 0 Å². The van der Waals surface area contributed by atoms with Crippen LogP contribution < -0.4 is 0 Å². The lowest BCUT2D eigenvalue weighted by molar-refractivity contribution is -0.152. The SMILES string of the molecule is C=CCC(CC(=O)O[C@H](C)C[C@@H](C=C)OCOCCOC)O[Si](C)(C)C(C)(C)C. The Bertz CT molecular complexity index is 486. The quantitative estimate of drug-likeness (QED) is 0.115. The van der Waals surface area contributed by atoms with Gasteiger partial charge < -0.3 is 23.4 Å². The first-order chi connectivity index (χ1) is 13.5. The molecule has 29 heavy (non-hydrogen) atoms. The van der Waals surface area contributed by atoms with E-state index in [0.29, 0.717) is 26.1 Å². The number of esters is 1. The lowest BCUT2D eigenvalue weighted by Gasteiger charge is -2.39. The minimum Gasteiger partial charge on any atom is -0.462 e. The molecule has 0 spiro atoms. The van der Waals surface area contributed by atoms with Crippen molar-refractivity contribution in [3.05, 3.63) is 25.3 Å². The van der Waals surface area contributed by atoms with Gasteiger partial charge in [0.2, 0.25) is 0 Å². The molecule has 0 radical (unpaired) electrons. The maximum atomic E-state index is 12.5. The highest BCUT2D eigenvalue weighted by atomic mass is 28.4. The standard InChI is InChI=1S/C22H42O6Si/c1-10-12-20(28-29(8,9)22(4,5)6)16-21(23)27-18(3)15-19(11-2)26-17-25-14-13-24-7/h10-11,18-20H,1-2,12-17H2,3-9H3/t18-,19-,20?/m1/s1. The van der Waals surface area contributed by atoms with Gasteiger partial charge in [-0.3, -0.25) is 4.79 Å². The molecule has 0 fully saturated rings. The van der Waals surface area contributed by atoms with Gasteiger partial charge in [0.1, 0.15) is 12.9 Å². The molecule has 1 unspecified atom stereocenters. The Kier molecular flexibility index (Phi) is 13.6. The van der Waals surface area contributed by atoms with Crippen LogP contribution in [-0.2, 0) is 28.2 Å². The number of methoxy groups -OCH3 is 1. The van der Waals surface area contributed by atoms with E-state index in [1.165, 1.54) is 0 Å². The highest BCUT2D eigenvalue weighted by Gasteiger charge is 2.39. The predicted molar refractivity (Wildman–Crippen MR) is 119 cm³/mol. The number of ether oxygens (including phenoxy) is 4. The lowest BCUT2D eigenvalue weighted by Crippen LogP contribution is -2.44. The van der Waals surface area contributed by atoms with Gasteiger partial charge in [-0.05, 0) is 31.5 Å². The molecule has 0 aliphatic rings. The maximum absolute atomic E-state index is 12.5. The lowest BCUT2D eigenvalue weighted by atomic mass is 10.1. The van der Waals surface area contributed by atoms with Gasteiger partial charge >= 0.3 is 5.97 Å². The summed E-state index contributed by atoms with van der Waals surface area (Å²) < 4.78 is 27.8. The molecule has 0 heterocycles. The van der Waals surface area contributed by atoms with Crippen LogP contribution in [0.1, 0.15) is 47.0 Å². The fraction of sp³-hybridized carbons (Fsp3) is 0.773. The smallest absolute Gasteiger partial charge is 0.308 e. The first-order valence-electron chi connectivity index (χ1n) is 10.3. The summed E-state index contributed by atoms with van der Waals surface area (Å²) in [5, 5.41) is 0.0729. The molecule has 0 aliphatic carbocycles. The second-order valence-electron chi connectivity index (χ2n) is 8.72. The summed E-state index contributed by atoms with van der Waals surface area (Å²) in [6, 6.07) is 0. The minimum absolute atomic E-state index is 0.0729. The van der Waals surface area contributed by atoms with Crippen LogP contribution in [0.4, 0.5) is 0 Å². The van der Waals surface area contributed by atoms with Gasteiger partial charge in [-0.25, -0.2) is 0 Å². The number of hydrogen-bond acceptors (Lipinski definition) is 6. The van der Waals surface area contributed by atoms with Gasteiger partial charge in [0.05, 0.1) is 31.8 Å². The molecule has 3 atom stereocenters. The molecule has 6 nitrogen and oxygen atoms in total. The molecule has 0 N–H and O–H groups in total. The maximum Gasteiger partial charge on any atom is 0.308 e. The summed E-state index contributed by atoms with van der Waals surface area (Å²) in [5.74, 6) is -0.276. The molecule has 0 rings (SSSR count). The highest BCUT2D eigenvalue weighted by Crippen LogP contribution is 2.38. The fourth-order valence-electron chi connectivity index (χ4n) is 2.36. The fourth-order valence-corrected chi connectivity index (χ4v) is 3.72. The van der Waals surface area contributed by atoms with Crippen molar-refractivity contribution in [1.82, 2.24) is 0 Å². The number of carbonyl (C=O) groups is 1. The van der Waals surface area contributed by atoms with Crippen LogP contribution in [0.5, 0.6) is 0 Å². The van der Waals surface area contributed by atoms with Gasteiger partial charge in [-0.1, -0.05) is 32.9 Å². The van der Waals surface area contributed by atoms with E-state index in [2.05, 4.69) is 47.0 Å². The first-order valence-corrected chi connectivity index (χ1v) is 13.2. The van der Waals surface area contributed by atoms with Crippen LogP contribution in [0.25, 0.3) is 0 Å². The zero-order valence-corrected chi connectivity index (χ0v) is 20.5. The Morgan fingerprint density at radius 3 is 2.34 bits per heavy atom. The topological polar surface area (TPSA) is 63.2 Å². The third-order valence-electron chi connectivity index (χ3n) is 5.05. The predicted octanol–water partition coefficient (Wildman–Crippen LogP) is 4.86. The van der Waals surface area contributed by atoms with E-state index >= 15 is 0 Å². The number of carbonyl (C=O) groups excluding carboxylic acids is 1. The molecule has 0 aromatic rings. The largest absolute Gasteiger partial charge is 0.462 e. The van der Waals surface area contributed by atoms with Crippen molar-refractivity contribution in [1.29, 1.82) is 0 Å². The van der Waals surface area contributed by atoms with Crippen LogP contribution in [-0.4, -0.2) is 59.7 Å². The van der Waals surface area contributed by atoms with Crippen molar-refractivity contribution < 1.29 is 28.2 Å². The van der Waals surface area contributed by atoms with E-state index in [-0.39, 0.29) is 42.5 Å². The van der Waals surface area contributed by atoms with E-state index in [1.54, 1.807) is 19.3 Å². The summed E-state index contributed by atoms with van der Waals surface area (Å²) in [6.45, 7) is 21.4. The summed E-state index contributed by atoms with van der Waals surface area (Å²) in [7, 11) is -0.366. The number of hydrogen-bond donors (Lipinski definition) is 0. The van der Waals surface area contributed by atoms with Gasteiger partial charge in [-0.2, -0.15) is 0 Å². The first kappa shape index (κ1) is 28.0. The van der Waals surface area contributed by atoms with Gasteiger partial charge in [0, 0.05) is 13.5 Å². The zero-order chi connectivity index (χ0) is 22.5. The summed E-state index contributed by atoms with van der Waals surface area (Å²) in [4.78, 5) is 12.5.